The molecule has 1 atom stereocenters. The summed E-state index contributed by atoms with van der Waals surface area (Å²) in [4.78, 5) is 21.6. The summed E-state index contributed by atoms with van der Waals surface area (Å²) in [6, 6.07) is 0.404. The summed E-state index contributed by atoms with van der Waals surface area (Å²) < 4.78 is 27.7. The Morgan fingerprint density at radius 1 is 1.50 bits per heavy atom. The molecular weight excluding hydrogens is 286 g/mol. The number of primary amides is 1. The summed E-state index contributed by atoms with van der Waals surface area (Å²) >= 11 is 0. The number of carboxylic acid groups (broad SMARTS) is 1. The molecule has 20 heavy (non-hydrogen) atoms. The molecule has 0 spiro atoms. The van der Waals surface area contributed by atoms with Crippen molar-refractivity contribution in [2.24, 2.45) is 5.73 Å². The van der Waals surface area contributed by atoms with Gasteiger partial charge in [-0.25, -0.2) is 17.9 Å². The number of carbonyl (C=O) groups excluding carboxylic acids is 1. The van der Waals surface area contributed by atoms with Crippen LogP contribution in [0.3, 0.4) is 0 Å². The van der Waals surface area contributed by atoms with Crippen LogP contribution in [0.2, 0.25) is 0 Å². The van der Waals surface area contributed by atoms with Crippen LogP contribution in [0.15, 0.2) is 17.2 Å². The Morgan fingerprint density at radius 2 is 2.10 bits per heavy atom. The summed E-state index contributed by atoms with van der Waals surface area (Å²) in [6.07, 6.45) is 1.10. The molecule has 0 aliphatic heterocycles. The molecule has 0 aliphatic rings. The van der Waals surface area contributed by atoms with E-state index in [4.69, 9.17) is 10.8 Å². The van der Waals surface area contributed by atoms with Crippen molar-refractivity contribution < 1.29 is 23.1 Å². The maximum Gasteiger partial charge on any atom is 0.352 e. The molecule has 0 fully saturated rings. The van der Waals surface area contributed by atoms with E-state index in [2.05, 4.69) is 4.72 Å². The van der Waals surface area contributed by atoms with E-state index in [0.717, 1.165) is 6.07 Å². The van der Waals surface area contributed by atoms with Crippen molar-refractivity contribution in [2.75, 3.05) is 0 Å². The Balaban J connectivity index is 3.04. The SMILES string of the molecule is CCn1cc(S(=O)(=O)NC(C)CC(N)=O)cc1C(=O)O. The van der Waals surface area contributed by atoms with Gasteiger partial charge in [0.05, 0.1) is 0 Å². The number of aryl methyl sites for hydroxylation is 1. The van der Waals surface area contributed by atoms with Gasteiger partial charge in [-0.15, -0.1) is 0 Å². The van der Waals surface area contributed by atoms with Gasteiger partial charge in [-0.1, -0.05) is 0 Å². The quantitative estimate of drug-likeness (QED) is 0.639. The van der Waals surface area contributed by atoms with Crippen molar-refractivity contribution in [3.8, 4) is 0 Å². The molecule has 0 radical (unpaired) electrons. The largest absolute Gasteiger partial charge is 0.477 e. The lowest BCUT2D eigenvalue weighted by Gasteiger charge is -2.11. The number of nitrogens with two attached hydrogens (primary N) is 1. The van der Waals surface area contributed by atoms with E-state index in [1.807, 2.05) is 0 Å². The number of sulfonamides is 1. The number of carbonyl (C=O) groups is 2. The average Bonchev–Trinajstić information content (AvgIpc) is 2.71. The van der Waals surface area contributed by atoms with E-state index < -0.39 is 27.9 Å². The molecule has 0 saturated carbocycles. The first kappa shape index (κ1) is 16.2. The van der Waals surface area contributed by atoms with Gasteiger partial charge in [-0.05, 0) is 19.9 Å². The van der Waals surface area contributed by atoms with Crippen LogP contribution in [0.1, 0.15) is 30.8 Å². The molecule has 1 aromatic heterocycles. The minimum Gasteiger partial charge on any atom is -0.477 e. The average molecular weight is 303 g/mol. The van der Waals surface area contributed by atoms with Crippen molar-refractivity contribution in [2.45, 2.75) is 37.8 Å². The number of hydrogen-bond acceptors (Lipinski definition) is 4. The lowest BCUT2D eigenvalue weighted by Crippen LogP contribution is -2.35. The lowest BCUT2D eigenvalue weighted by molar-refractivity contribution is -0.118. The highest BCUT2D eigenvalue weighted by molar-refractivity contribution is 7.89. The van der Waals surface area contributed by atoms with Crippen LogP contribution in [-0.2, 0) is 21.4 Å². The molecule has 0 aliphatic carbocycles. The molecule has 9 heteroatoms. The fraction of sp³-hybridized carbons (Fsp3) is 0.455. The molecule has 0 aromatic carbocycles. The number of amides is 1. The number of carboxylic acids is 1. The molecule has 1 heterocycles. The third kappa shape index (κ3) is 3.81. The van der Waals surface area contributed by atoms with Gasteiger partial charge in [0, 0.05) is 25.2 Å². The highest BCUT2D eigenvalue weighted by Crippen LogP contribution is 2.15. The van der Waals surface area contributed by atoms with Crippen LogP contribution in [-0.4, -0.2) is 36.0 Å². The van der Waals surface area contributed by atoms with E-state index >= 15 is 0 Å². The fourth-order valence-corrected chi connectivity index (χ4v) is 3.03. The smallest absolute Gasteiger partial charge is 0.352 e. The van der Waals surface area contributed by atoms with Gasteiger partial charge in [0.2, 0.25) is 15.9 Å². The summed E-state index contributed by atoms with van der Waals surface area (Å²) in [5.41, 5.74) is 4.87. The van der Waals surface area contributed by atoms with E-state index in [1.54, 1.807) is 6.92 Å². The lowest BCUT2D eigenvalue weighted by atomic mass is 10.2. The van der Waals surface area contributed by atoms with Crippen molar-refractivity contribution in [3.05, 3.63) is 18.0 Å². The summed E-state index contributed by atoms with van der Waals surface area (Å²) in [5, 5.41) is 8.98. The first-order valence-corrected chi connectivity index (χ1v) is 7.39. The zero-order chi connectivity index (χ0) is 15.5. The van der Waals surface area contributed by atoms with E-state index in [-0.39, 0.29) is 17.0 Å². The number of nitrogens with zero attached hydrogens (tertiary/aromatic N) is 1. The van der Waals surface area contributed by atoms with Gasteiger partial charge < -0.3 is 15.4 Å². The zero-order valence-electron chi connectivity index (χ0n) is 11.2. The third-order valence-electron chi connectivity index (χ3n) is 2.61. The number of aromatic nitrogens is 1. The van der Waals surface area contributed by atoms with E-state index in [1.165, 1.54) is 17.7 Å². The number of rotatable bonds is 7. The second-order valence-corrected chi connectivity index (χ2v) is 6.06. The first-order chi connectivity index (χ1) is 9.17. The highest BCUT2D eigenvalue weighted by atomic mass is 32.2. The van der Waals surface area contributed by atoms with Gasteiger partial charge in [0.25, 0.3) is 0 Å². The Hall–Kier alpha value is -1.87. The minimum absolute atomic E-state index is 0.115. The Morgan fingerprint density at radius 3 is 2.50 bits per heavy atom. The van der Waals surface area contributed by atoms with Gasteiger partial charge in [0.1, 0.15) is 10.6 Å². The monoisotopic (exact) mass is 303 g/mol. The second-order valence-electron chi connectivity index (χ2n) is 4.34. The molecule has 112 valence electrons. The minimum atomic E-state index is -3.89. The number of nitrogens with one attached hydrogen (secondary N) is 1. The molecule has 0 bridgehead atoms. The Labute approximate surface area is 116 Å². The van der Waals surface area contributed by atoms with Gasteiger partial charge in [-0.2, -0.15) is 0 Å². The van der Waals surface area contributed by atoms with Crippen LogP contribution >= 0.6 is 0 Å². The Bertz CT molecular complexity index is 620. The molecule has 0 saturated heterocycles. The van der Waals surface area contributed by atoms with Crippen LogP contribution in [0.25, 0.3) is 0 Å². The fourth-order valence-electron chi connectivity index (χ4n) is 1.75. The van der Waals surface area contributed by atoms with Gasteiger partial charge in [0.15, 0.2) is 0 Å². The second kappa shape index (κ2) is 6.06. The molecule has 1 rings (SSSR count). The van der Waals surface area contributed by atoms with E-state index in [0.29, 0.717) is 6.54 Å². The molecule has 1 amide bonds. The van der Waals surface area contributed by atoms with Gasteiger partial charge in [-0.3, -0.25) is 4.79 Å². The molecule has 4 N–H and O–H groups in total. The Kier molecular flexibility index (Phi) is 4.90. The van der Waals surface area contributed by atoms with Crippen molar-refractivity contribution in [1.82, 2.24) is 9.29 Å². The number of hydrogen-bond donors (Lipinski definition) is 3. The normalized spacial score (nSPS) is 13.1. The van der Waals surface area contributed by atoms with Crippen LogP contribution in [0.4, 0.5) is 0 Å². The topological polar surface area (TPSA) is 131 Å². The summed E-state index contributed by atoms with van der Waals surface area (Å²) in [7, 11) is -3.89. The summed E-state index contributed by atoms with van der Waals surface area (Å²) in [6.45, 7) is 3.53. The van der Waals surface area contributed by atoms with Crippen molar-refractivity contribution in [1.29, 1.82) is 0 Å². The zero-order valence-corrected chi connectivity index (χ0v) is 12.0. The highest BCUT2D eigenvalue weighted by Gasteiger charge is 2.23. The molecule has 8 nitrogen and oxygen atoms in total. The van der Waals surface area contributed by atoms with Crippen LogP contribution in [0.5, 0.6) is 0 Å². The summed E-state index contributed by atoms with van der Waals surface area (Å²) in [5.74, 6) is -1.84. The van der Waals surface area contributed by atoms with Crippen LogP contribution < -0.4 is 10.5 Å². The molecule has 1 aromatic rings. The van der Waals surface area contributed by atoms with Crippen LogP contribution in [0, 0.1) is 0 Å². The van der Waals surface area contributed by atoms with Crippen molar-refractivity contribution >= 4 is 21.9 Å². The van der Waals surface area contributed by atoms with E-state index in [9.17, 15) is 18.0 Å². The van der Waals surface area contributed by atoms with Crippen molar-refractivity contribution in [3.63, 3.8) is 0 Å². The molecule has 1 unspecified atom stereocenters. The first-order valence-electron chi connectivity index (χ1n) is 5.91. The van der Waals surface area contributed by atoms with Gasteiger partial charge >= 0.3 is 5.97 Å². The maximum absolute atomic E-state index is 12.1. The predicted molar refractivity (Wildman–Crippen MR) is 70.7 cm³/mol. The standard InChI is InChI=1S/C11H17N3O5S/c1-3-14-6-8(5-9(14)11(16)17)20(18,19)13-7(2)4-10(12)15/h5-7,13H,3-4H2,1-2H3,(H2,12,15)(H,16,17). The number of aromatic carboxylic acids is 1. The maximum atomic E-state index is 12.1. The predicted octanol–water partition coefficient (Wildman–Crippen LogP) is -0.252. The third-order valence-corrected chi connectivity index (χ3v) is 4.16. The molecular formula is C11H17N3O5S.